The third-order valence-electron chi connectivity index (χ3n) is 4.03. The molecule has 2 aromatic rings. The minimum atomic E-state index is -3.63. The Labute approximate surface area is 137 Å². The monoisotopic (exact) mass is 334 g/mol. The zero-order valence-corrected chi connectivity index (χ0v) is 14.6. The van der Waals surface area contributed by atoms with Crippen molar-refractivity contribution in [3.05, 3.63) is 48.2 Å². The molecule has 0 fully saturated rings. The van der Waals surface area contributed by atoms with Crippen molar-refractivity contribution in [2.24, 2.45) is 0 Å². The number of aromatic nitrogens is 1. The number of hydrogen-bond donors (Lipinski definition) is 1. The second-order valence-corrected chi connectivity index (χ2v) is 7.64. The van der Waals surface area contributed by atoms with Crippen LogP contribution < -0.4 is 9.46 Å². The topological polar surface area (TPSA) is 68.3 Å². The van der Waals surface area contributed by atoms with E-state index in [0.717, 1.165) is 12.0 Å². The number of rotatable bonds is 6. The smallest absolute Gasteiger partial charge is 0.261 e. The summed E-state index contributed by atoms with van der Waals surface area (Å²) in [4.78, 5) is 4.21. The average molecular weight is 334 g/mol. The van der Waals surface area contributed by atoms with Crippen LogP contribution in [-0.4, -0.2) is 20.5 Å². The van der Waals surface area contributed by atoms with Crippen LogP contribution in [0.3, 0.4) is 0 Å². The van der Waals surface area contributed by atoms with Gasteiger partial charge in [0.05, 0.1) is 23.9 Å². The van der Waals surface area contributed by atoms with E-state index in [-0.39, 0.29) is 10.3 Å². The fourth-order valence-electron chi connectivity index (χ4n) is 2.06. The molecule has 124 valence electrons. The van der Waals surface area contributed by atoms with Gasteiger partial charge in [-0.1, -0.05) is 32.9 Å². The quantitative estimate of drug-likeness (QED) is 0.877. The van der Waals surface area contributed by atoms with Gasteiger partial charge in [0.15, 0.2) is 0 Å². The molecule has 5 nitrogen and oxygen atoms in total. The van der Waals surface area contributed by atoms with Gasteiger partial charge < -0.3 is 4.74 Å². The molecule has 0 bridgehead atoms. The van der Waals surface area contributed by atoms with Crippen molar-refractivity contribution >= 4 is 15.7 Å². The van der Waals surface area contributed by atoms with Crippen molar-refractivity contribution < 1.29 is 13.2 Å². The largest absolute Gasteiger partial charge is 0.481 e. The Morgan fingerprint density at radius 3 is 2.26 bits per heavy atom. The highest BCUT2D eigenvalue weighted by atomic mass is 32.2. The summed E-state index contributed by atoms with van der Waals surface area (Å²) in [6.45, 7) is 6.39. The number of ether oxygens (including phenoxy) is 1. The average Bonchev–Trinajstić information content (AvgIpc) is 2.55. The van der Waals surface area contributed by atoms with Crippen LogP contribution in [0.25, 0.3) is 0 Å². The highest BCUT2D eigenvalue weighted by molar-refractivity contribution is 7.92. The summed E-state index contributed by atoms with van der Waals surface area (Å²) in [5, 5.41) is 0. The molecule has 1 aromatic heterocycles. The van der Waals surface area contributed by atoms with Gasteiger partial charge in [0, 0.05) is 6.07 Å². The molecule has 1 N–H and O–H groups in total. The maximum atomic E-state index is 12.4. The Balaban J connectivity index is 2.22. The van der Waals surface area contributed by atoms with Gasteiger partial charge in [-0.25, -0.2) is 13.4 Å². The molecule has 23 heavy (non-hydrogen) atoms. The molecule has 0 radical (unpaired) electrons. The van der Waals surface area contributed by atoms with E-state index < -0.39 is 10.0 Å². The Kier molecular flexibility index (Phi) is 4.94. The van der Waals surface area contributed by atoms with E-state index >= 15 is 0 Å². The van der Waals surface area contributed by atoms with E-state index in [1.165, 1.54) is 13.3 Å². The predicted octanol–water partition coefficient (Wildman–Crippen LogP) is 3.58. The second-order valence-electron chi connectivity index (χ2n) is 5.96. The van der Waals surface area contributed by atoms with Crippen molar-refractivity contribution in [1.29, 1.82) is 0 Å². The summed E-state index contributed by atoms with van der Waals surface area (Å²) in [6.07, 6.45) is 2.40. The summed E-state index contributed by atoms with van der Waals surface area (Å²) in [5.74, 6) is 0.430. The summed E-state index contributed by atoms with van der Waals surface area (Å²) in [7, 11) is -2.13. The standard InChI is InChI=1S/C17H22N2O3S/c1-5-17(2,3)13-6-9-15(10-7-13)23(20,21)19-14-8-11-16(22-4)18-12-14/h6-12,19H,5H2,1-4H3. The van der Waals surface area contributed by atoms with Gasteiger partial charge in [-0.2, -0.15) is 0 Å². The fourth-order valence-corrected chi connectivity index (χ4v) is 3.11. The summed E-state index contributed by atoms with van der Waals surface area (Å²) < 4.78 is 32.3. The molecule has 2 rings (SSSR count). The van der Waals surface area contributed by atoms with Gasteiger partial charge >= 0.3 is 0 Å². The first-order valence-electron chi connectivity index (χ1n) is 7.42. The second kappa shape index (κ2) is 6.58. The number of anilines is 1. The lowest BCUT2D eigenvalue weighted by Gasteiger charge is -2.23. The molecule has 0 saturated heterocycles. The molecule has 1 heterocycles. The first-order valence-corrected chi connectivity index (χ1v) is 8.90. The maximum Gasteiger partial charge on any atom is 0.261 e. The van der Waals surface area contributed by atoms with Crippen LogP contribution in [-0.2, 0) is 15.4 Å². The lowest BCUT2D eigenvalue weighted by Crippen LogP contribution is -2.17. The number of hydrogen-bond acceptors (Lipinski definition) is 4. The number of methoxy groups -OCH3 is 1. The SMILES string of the molecule is CCC(C)(C)c1ccc(S(=O)(=O)Nc2ccc(OC)nc2)cc1. The Hall–Kier alpha value is -2.08. The van der Waals surface area contributed by atoms with Crippen LogP contribution in [0.15, 0.2) is 47.5 Å². The number of benzene rings is 1. The highest BCUT2D eigenvalue weighted by Crippen LogP contribution is 2.27. The molecule has 1 aromatic carbocycles. The van der Waals surface area contributed by atoms with Gasteiger partial charge in [0.25, 0.3) is 10.0 Å². The van der Waals surface area contributed by atoms with E-state index in [1.807, 2.05) is 12.1 Å². The van der Waals surface area contributed by atoms with Crippen LogP contribution in [0.1, 0.15) is 32.8 Å². The number of sulfonamides is 1. The lowest BCUT2D eigenvalue weighted by atomic mass is 9.82. The summed E-state index contributed by atoms with van der Waals surface area (Å²) >= 11 is 0. The minimum absolute atomic E-state index is 0.0234. The van der Waals surface area contributed by atoms with Gasteiger partial charge in [-0.3, -0.25) is 4.72 Å². The highest BCUT2D eigenvalue weighted by Gasteiger charge is 2.20. The van der Waals surface area contributed by atoms with Crippen molar-refractivity contribution in [3.63, 3.8) is 0 Å². The molecule has 0 amide bonds. The van der Waals surface area contributed by atoms with Crippen LogP contribution in [0.2, 0.25) is 0 Å². The van der Waals surface area contributed by atoms with E-state index in [1.54, 1.807) is 24.3 Å². The first-order chi connectivity index (χ1) is 10.8. The Bertz CT molecular complexity index is 751. The van der Waals surface area contributed by atoms with E-state index in [9.17, 15) is 8.42 Å². The molecular weight excluding hydrogens is 312 g/mol. The van der Waals surface area contributed by atoms with Crippen molar-refractivity contribution in [2.75, 3.05) is 11.8 Å². The fraction of sp³-hybridized carbons (Fsp3) is 0.353. The van der Waals surface area contributed by atoms with Crippen LogP contribution in [0, 0.1) is 0 Å². The molecule has 6 heteroatoms. The molecule has 0 spiro atoms. The molecule has 0 aliphatic heterocycles. The van der Waals surface area contributed by atoms with Crippen LogP contribution in [0.5, 0.6) is 5.88 Å². The minimum Gasteiger partial charge on any atom is -0.481 e. The molecular formula is C17H22N2O3S. The zero-order chi connectivity index (χ0) is 17.1. The number of nitrogens with one attached hydrogen (secondary N) is 1. The molecule has 0 aliphatic rings. The van der Waals surface area contributed by atoms with Crippen molar-refractivity contribution in [3.8, 4) is 5.88 Å². The van der Waals surface area contributed by atoms with Gasteiger partial charge in [0.1, 0.15) is 0 Å². The van der Waals surface area contributed by atoms with Crippen LogP contribution in [0.4, 0.5) is 5.69 Å². The zero-order valence-electron chi connectivity index (χ0n) is 13.8. The van der Waals surface area contributed by atoms with E-state index in [4.69, 9.17) is 4.74 Å². The normalized spacial score (nSPS) is 12.0. The number of nitrogens with zero attached hydrogens (tertiary/aromatic N) is 1. The van der Waals surface area contributed by atoms with Gasteiger partial charge in [0.2, 0.25) is 5.88 Å². The third-order valence-corrected chi connectivity index (χ3v) is 5.42. The predicted molar refractivity (Wildman–Crippen MR) is 91.4 cm³/mol. The summed E-state index contributed by atoms with van der Waals surface area (Å²) in [5.41, 5.74) is 1.53. The van der Waals surface area contributed by atoms with E-state index in [2.05, 4.69) is 30.5 Å². The molecule has 0 atom stereocenters. The molecule has 0 unspecified atom stereocenters. The Morgan fingerprint density at radius 2 is 1.78 bits per heavy atom. The third kappa shape index (κ3) is 4.01. The number of pyridine rings is 1. The molecule has 0 saturated carbocycles. The van der Waals surface area contributed by atoms with Crippen molar-refractivity contribution in [1.82, 2.24) is 4.98 Å². The van der Waals surface area contributed by atoms with Crippen LogP contribution >= 0.6 is 0 Å². The molecule has 0 aliphatic carbocycles. The Morgan fingerprint density at radius 1 is 1.13 bits per heavy atom. The van der Waals surface area contributed by atoms with Gasteiger partial charge in [-0.15, -0.1) is 0 Å². The van der Waals surface area contributed by atoms with E-state index in [0.29, 0.717) is 11.6 Å². The first kappa shape index (κ1) is 17.3. The van der Waals surface area contributed by atoms with Crippen molar-refractivity contribution in [2.45, 2.75) is 37.5 Å². The lowest BCUT2D eigenvalue weighted by molar-refractivity contribution is 0.398. The summed E-state index contributed by atoms with van der Waals surface area (Å²) in [6, 6.07) is 10.2. The maximum absolute atomic E-state index is 12.4. The van der Waals surface area contributed by atoms with Gasteiger partial charge in [-0.05, 0) is 35.6 Å².